The number of carbonyl (C=O) groups is 1. The highest BCUT2D eigenvalue weighted by Crippen LogP contribution is 2.30. The van der Waals surface area contributed by atoms with Crippen molar-refractivity contribution >= 4 is 73.9 Å². The van der Waals surface area contributed by atoms with Gasteiger partial charge in [-0.2, -0.15) is 4.99 Å². The van der Waals surface area contributed by atoms with Gasteiger partial charge in [0.05, 0.1) is 26.9 Å². The van der Waals surface area contributed by atoms with Crippen LogP contribution in [0.4, 0.5) is 0 Å². The van der Waals surface area contributed by atoms with Gasteiger partial charge in [-0.1, -0.05) is 57.7 Å². The number of hydrogen-bond donors (Lipinski definition) is 0. The molecule has 10 heteroatoms. The quantitative estimate of drug-likeness (QED) is 0.387. The lowest BCUT2D eigenvalue weighted by atomic mass is 10.3. The first kappa shape index (κ1) is 22.4. The first-order valence-corrected chi connectivity index (χ1v) is 10.9. The molecule has 0 unspecified atom stereocenters. The third kappa shape index (κ3) is 5.66. The maximum Gasteiger partial charge on any atom is 0.286 e. The van der Waals surface area contributed by atoms with Crippen molar-refractivity contribution in [1.82, 2.24) is 4.57 Å². The van der Waals surface area contributed by atoms with Crippen LogP contribution in [-0.4, -0.2) is 30.3 Å². The Labute approximate surface area is 191 Å². The Hall–Kier alpha value is -1.28. The summed E-state index contributed by atoms with van der Waals surface area (Å²) < 4.78 is 13.6. The number of carbonyl (C=O) groups excluding carboxylic acids is 1. The molecule has 5 nitrogen and oxygen atoms in total. The fourth-order valence-corrected chi connectivity index (χ4v) is 4.91. The van der Waals surface area contributed by atoms with E-state index in [0.29, 0.717) is 50.4 Å². The Balaban J connectivity index is 1.89. The highest BCUT2D eigenvalue weighted by atomic mass is 35.5. The van der Waals surface area contributed by atoms with Gasteiger partial charge < -0.3 is 14.0 Å². The molecule has 0 aliphatic heterocycles. The van der Waals surface area contributed by atoms with Crippen LogP contribution < -0.4 is 9.54 Å². The van der Waals surface area contributed by atoms with Crippen LogP contribution in [0.5, 0.6) is 5.75 Å². The molecule has 1 amide bonds. The minimum Gasteiger partial charge on any atom is -0.482 e. The number of thiazole rings is 1. The van der Waals surface area contributed by atoms with E-state index in [-0.39, 0.29) is 6.61 Å². The first-order valence-electron chi connectivity index (χ1n) is 8.60. The lowest BCUT2D eigenvalue weighted by Crippen LogP contribution is -2.21. The minimum absolute atomic E-state index is 0.268. The molecular weight excluding hydrogens is 478 g/mol. The number of rotatable bonds is 7. The molecule has 3 aromatic rings. The van der Waals surface area contributed by atoms with Crippen LogP contribution in [0.1, 0.15) is 6.92 Å². The van der Waals surface area contributed by atoms with Crippen LogP contribution >= 0.6 is 57.7 Å². The van der Waals surface area contributed by atoms with Crippen LogP contribution in [0.25, 0.3) is 10.2 Å². The zero-order valence-corrected chi connectivity index (χ0v) is 19.1. The van der Waals surface area contributed by atoms with Crippen molar-refractivity contribution in [3.63, 3.8) is 0 Å². The molecule has 0 aliphatic carbocycles. The molecule has 1 aromatic heterocycles. The largest absolute Gasteiger partial charge is 0.482 e. The highest BCUT2D eigenvalue weighted by Gasteiger charge is 2.13. The summed E-state index contributed by atoms with van der Waals surface area (Å²) in [6.07, 6.45) is 0. The van der Waals surface area contributed by atoms with Crippen LogP contribution in [0, 0.1) is 0 Å². The maximum atomic E-state index is 12.4. The second-order valence-electron chi connectivity index (χ2n) is 5.84. The fourth-order valence-electron chi connectivity index (χ4n) is 2.59. The van der Waals surface area contributed by atoms with Crippen LogP contribution in [0.3, 0.4) is 0 Å². The number of ether oxygens (including phenoxy) is 2. The maximum absolute atomic E-state index is 12.4. The van der Waals surface area contributed by atoms with Crippen molar-refractivity contribution in [2.24, 2.45) is 4.99 Å². The van der Waals surface area contributed by atoms with E-state index >= 15 is 0 Å². The summed E-state index contributed by atoms with van der Waals surface area (Å²) in [5.41, 5.74) is 0.758. The van der Waals surface area contributed by atoms with Crippen molar-refractivity contribution in [3.05, 3.63) is 55.2 Å². The van der Waals surface area contributed by atoms with Crippen LogP contribution in [0.2, 0.25) is 20.1 Å². The fraction of sp³-hybridized carbons (Fsp3) is 0.263. The number of nitrogens with zero attached hydrogens (tertiary/aromatic N) is 2. The molecule has 0 bridgehead atoms. The summed E-state index contributed by atoms with van der Waals surface area (Å²) >= 11 is 25.7. The van der Waals surface area contributed by atoms with E-state index in [4.69, 9.17) is 55.9 Å². The van der Waals surface area contributed by atoms with E-state index in [1.807, 2.05) is 11.5 Å². The van der Waals surface area contributed by atoms with Crippen molar-refractivity contribution in [1.29, 1.82) is 0 Å². The van der Waals surface area contributed by atoms with E-state index in [0.717, 1.165) is 10.2 Å². The van der Waals surface area contributed by atoms with Crippen molar-refractivity contribution in [2.45, 2.75) is 13.5 Å². The van der Waals surface area contributed by atoms with Crippen molar-refractivity contribution < 1.29 is 14.3 Å². The third-order valence-electron chi connectivity index (χ3n) is 3.82. The van der Waals surface area contributed by atoms with Gasteiger partial charge in [-0.3, -0.25) is 4.79 Å². The van der Waals surface area contributed by atoms with Crippen molar-refractivity contribution in [2.75, 3.05) is 19.8 Å². The lowest BCUT2D eigenvalue weighted by molar-refractivity contribution is -0.120. The number of aromatic nitrogens is 1. The molecule has 1 heterocycles. The summed E-state index contributed by atoms with van der Waals surface area (Å²) in [6.45, 7) is 3.18. The standard InChI is InChI=1S/C19H16Cl4N2O3S/c1-2-27-6-5-25-18-14(23)8-12(21)9-16(18)29-19(25)24-17(26)10-28-15-4-3-11(20)7-13(15)22/h3-4,7-9H,2,5-6,10H2,1H3. The molecule has 0 aliphatic rings. The molecule has 29 heavy (non-hydrogen) atoms. The van der Waals surface area contributed by atoms with Gasteiger partial charge in [0.1, 0.15) is 5.75 Å². The molecule has 0 spiro atoms. The number of amides is 1. The number of hydrogen-bond acceptors (Lipinski definition) is 4. The van der Waals surface area contributed by atoms with Crippen molar-refractivity contribution in [3.8, 4) is 5.75 Å². The normalized spacial score (nSPS) is 12.0. The molecule has 0 radical (unpaired) electrons. The van der Waals surface area contributed by atoms with E-state index < -0.39 is 5.91 Å². The van der Waals surface area contributed by atoms with Gasteiger partial charge in [-0.25, -0.2) is 0 Å². The van der Waals surface area contributed by atoms with Gasteiger partial charge >= 0.3 is 0 Å². The molecule has 0 N–H and O–H groups in total. The second-order valence-corrected chi connectivity index (χ2v) is 8.53. The van der Waals surface area contributed by atoms with Gasteiger partial charge in [0.15, 0.2) is 11.4 Å². The highest BCUT2D eigenvalue weighted by molar-refractivity contribution is 7.16. The predicted octanol–water partition coefficient (Wildman–Crippen LogP) is 5.86. The average molecular weight is 494 g/mol. The molecule has 3 rings (SSSR count). The van der Waals surface area contributed by atoms with E-state index in [1.165, 1.54) is 11.3 Å². The number of halogens is 4. The van der Waals surface area contributed by atoms with Gasteiger partial charge in [0.25, 0.3) is 5.91 Å². The Bertz CT molecular complexity index is 1110. The van der Waals surface area contributed by atoms with Gasteiger partial charge in [0.2, 0.25) is 0 Å². The lowest BCUT2D eigenvalue weighted by Gasteiger charge is -2.07. The molecule has 0 atom stereocenters. The summed E-state index contributed by atoms with van der Waals surface area (Å²) in [4.78, 5) is 17.1. The first-order chi connectivity index (χ1) is 13.9. The zero-order valence-electron chi connectivity index (χ0n) is 15.3. The summed E-state index contributed by atoms with van der Waals surface area (Å²) in [6, 6.07) is 8.22. The third-order valence-corrected chi connectivity index (χ3v) is 5.89. The Kier molecular flexibility index (Phi) is 7.85. The van der Waals surface area contributed by atoms with E-state index in [1.54, 1.807) is 30.3 Å². The monoisotopic (exact) mass is 492 g/mol. The van der Waals surface area contributed by atoms with Gasteiger partial charge in [-0.05, 0) is 37.3 Å². The average Bonchev–Trinajstić information content (AvgIpc) is 2.98. The topological polar surface area (TPSA) is 52.8 Å². The Morgan fingerprint density at radius 2 is 1.86 bits per heavy atom. The summed E-state index contributed by atoms with van der Waals surface area (Å²) in [7, 11) is 0. The Morgan fingerprint density at radius 1 is 1.10 bits per heavy atom. The molecule has 0 fully saturated rings. The van der Waals surface area contributed by atoms with E-state index in [2.05, 4.69) is 4.99 Å². The molecular formula is C19H16Cl4N2O3S. The molecule has 0 saturated carbocycles. The molecule has 0 saturated heterocycles. The van der Waals surface area contributed by atoms with E-state index in [9.17, 15) is 4.79 Å². The minimum atomic E-state index is -0.463. The molecule has 154 valence electrons. The SMILES string of the molecule is CCOCCn1c(=NC(=O)COc2ccc(Cl)cc2Cl)sc2cc(Cl)cc(Cl)c21. The van der Waals surface area contributed by atoms with Gasteiger partial charge in [-0.15, -0.1) is 0 Å². The number of benzene rings is 2. The Morgan fingerprint density at radius 3 is 2.59 bits per heavy atom. The summed E-state index contributed by atoms with van der Waals surface area (Å²) in [5.74, 6) is -0.107. The number of fused-ring (bicyclic) bond motifs is 1. The zero-order chi connectivity index (χ0) is 21.0. The van der Waals surface area contributed by atoms with Gasteiger partial charge in [0, 0.05) is 23.2 Å². The summed E-state index contributed by atoms with van der Waals surface area (Å²) in [5, 5.41) is 1.80. The molecule has 2 aromatic carbocycles. The van der Waals surface area contributed by atoms with Crippen LogP contribution in [0.15, 0.2) is 35.3 Å². The van der Waals surface area contributed by atoms with Crippen LogP contribution in [-0.2, 0) is 16.1 Å². The second kappa shape index (κ2) is 10.2. The predicted molar refractivity (Wildman–Crippen MR) is 119 cm³/mol. The smallest absolute Gasteiger partial charge is 0.286 e.